The summed E-state index contributed by atoms with van der Waals surface area (Å²) in [6.45, 7) is 1.60. The lowest BCUT2D eigenvalue weighted by Gasteiger charge is -2.35. The molecule has 1 aromatic heterocycles. The number of carbonyl (C=O) groups is 3. The molecule has 2 aliphatic rings. The van der Waals surface area contributed by atoms with Gasteiger partial charge in [-0.2, -0.15) is 0 Å². The predicted octanol–water partition coefficient (Wildman–Crippen LogP) is 3.86. The van der Waals surface area contributed by atoms with Gasteiger partial charge in [0.2, 0.25) is 5.91 Å². The Morgan fingerprint density at radius 3 is 2.41 bits per heavy atom. The van der Waals surface area contributed by atoms with Crippen LogP contribution in [0.1, 0.15) is 45.8 Å². The molecule has 1 saturated heterocycles. The Labute approximate surface area is 244 Å². The van der Waals surface area contributed by atoms with Crippen LogP contribution >= 0.6 is 11.3 Å². The summed E-state index contributed by atoms with van der Waals surface area (Å²) in [5.41, 5.74) is 3.03. The van der Waals surface area contributed by atoms with Gasteiger partial charge < -0.3 is 25.0 Å². The fourth-order valence-corrected chi connectivity index (χ4v) is 6.75. The Bertz CT molecular complexity index is 1420. The number of methoxy groups -OCH3 is 1. The van der Waals surface area contributed by atoms with Gasteiger partial charge in [-0.05, 0) is 69.1 Å². The molecule has 41 heavy (non-hydrogen) atoms. The van der Waals surface area contributed by atoms with Crippen LogP contribution in [0.25, 0.3) is 11.3 Å². The van der Waals surface area contributed by atoms with E-state index in [1.54, 1.807) is 13.2 Å². The number of carboxylic acid groups (broad SMARTS) is 1. The van der Waals surface area contributed by atoms with Crippen LogP contribution in [-0.4, -0.2) is 78.0 Å². The molecule has 0 unspecified atom stereocenters. The van der Waals surface area contributed by atoms with Crippen LogP contribution in [0.5, 0.6) is 5.75 Å². The summed E-state index contributed by atoms with van der Waals surface area (Å²) in [4.78, 5) is 47.3. The van der Waals surface area contributed by atoms with Gasteiger partial charge in [0.25, 0.3) is 5.91 Å². The number of piperidine rings is 1. The molecular formula is C31H36N4O5S. The Kier molecular flexibility index (Phi) is 8.42. The van der Waals surface area contributed by atoms with E-state index >= 15 is 0 Å². The number of hydrogen-bond acceptors (Lipinski definition) is 7. The third kappa shape index (κ3) is 6.13. The molecule has 0 spiro atoms. The molecular weight excluding hydrogens is 540 g/mol. The van der Waals surface area contributed by atoms with E-state index in [0.717, 1.165) is 29.5 Å². The molecule has 2 amide bonds. The zero-order chi connectivity index (χ0) is 29.1. The molecule has 2 N–H and O–H groups in total. The highest BCUT2D eigenvalue weighted by molar-refractivity contribution is 7.09. The molecule has 1 fully saturated rings. The molecule has 0 saturated carbocycles. The van der Waals surface area contributed by atoms with Crippen LogP contribution in [-0.2, 0) is 29.0 Å². The Morgan fingerprint density at radius 1 is 1.12 bits per heavy atom. The van der Waals surface area contributed by atoms with Crippen molar-refractivity contribution in [1.29, 1.82) is 0 Å². The van der Waals surface area contributed by atoms with E-state index < -0.39 is 11.4 Å². The first-order valence-electron chi connectivity index (χ1n) is 13.8. The fraction of sp³-hybridized carbons (Fsp3) is 0.419. The predicted molar refractivity (Wildman–Crippen MR) is 157 cm³/mol. The van der Waals surface area contributed by atoms with E-state index in [4.69, 9.17) is 9.72 Å². The lowest BCUT2D eigenvalue weighted by molar-refractivity contribution is -0.145. The van der Waals surface area contributed by atoms with E-state index in [9.17, 15) is 19.5 Å². The number of hydrogen-bond donors (Lipinski definition) is 2. The number of carbonyl (C=O) groups excluding carboxylic acids is 2. The quantitative estimate of drug-likeness (QED) is 0.398. The fourth-order valence-electron chi connectivity index (χ4n) is 6.01. The monoisotopic (exact) mass is 576 g/mol. The van der Waals surface area contributed by atoms with Gasteiger partial charge in [0, 0.05) is 30.1 Å². The molecule has 5 rings (SSSR count). The van der Waals surface area contributed by atoms with Crippen LogP contribution in [0, 0.1) is 5.41 Å². The zero-order valence-electron chi connectivity index (χ0n) is 23.7. The van der Waals surface area contributed by atoms with Crippen molar-refractivity contribution in [2.75, 3.05) is 34.3 Å². The minimum atomic E-state index is -1.01. The number of thiazole rings is 1. The second kappa shape index (κ2) is 12.0. The number of nitrogens with one attached hydrogen (secondary N) is 1. The Hall–Kier alpha value is -3.76. The maximum absolute atomic E-state index is 13.5. The third-order valence-corrected chi connectivity index (χ3v) is 9.16. The minimum absolute atomic E-state index is 0.0510. The average Bonchev–Trinajstić information content (AvgIpc) is 3.60. The van der Waals surface area contributed by atoms with E-state index in [0.29, 0.717) is 54.0 Å². The van der Waals surface area contributed by atoms with Gasteiger partial charge in [-0.25, -0.2) is 4.98 Å². The summed E-state index contributed by atoms with van der Waals surface area (Å²) in [6.07, 6.45) is 2.44. The van der Waals surface area contributed by atoms with Gasteiger partial charge in [0.15, 0.2) is 0 Å². The second-order valence-corrected chi connectivity index (χ2v) is 12.1. The van der Waals surface area contributed by atoms with E-state index in [-0.39, 0.29) is 24.8 Å². The van der Waals surface area contributed by atoms with Crippen molar-refractivity contribution < 1.29 is 24.2 Å². The summed E-state index contributed by atoms with van der Waals surface area (Å²) in [6, 6.07) is 13.7. The smallest absolute Gasteiger partial charge is 0.304 e. The van der Waals surface area contributed by atoms with Crippen molar-refractivity contribution in [2.45, 2.75) is 44.7 Å². The van der Waals surface area contributed by atoms with Crippen molar-refractivity contribution in [3.05, 3.63) is 69.5 Å². The summed E-state index contributed by atoms with van der Waals surface area (Å²) < 4.78 is 5.52. The first kappa shape index (κ1) is 28.8. The number of benzene rings is 2. The third-order valence-electron chi connectivity index (χ3n) is 8.31. The van der Waals surface area contributed by atoms with Crippen molar-refractivity contribution in [3.63, 3.8) is 0 Å². The molecule has 1 aliphatic heterocycles. The number of aliphatic carboxylic acids is 1. The van der Waals surface area contributed by atoms with Gasteiger partial charge in [-0.3, -0.25) is 14.4 Å². The molecule has 2 aromatic carbocycles. The number of likely N-dealkylation sites (tertiary alicyclic amines) is 1. The van der Waals surface area contributed by atoms with Crippen LogP contribution in [0.3, 0.4) is 0 Å². The molecule has 9 nitrogen and oxygen atoms in total. The molecule has 1 aliphatic carbocycles. The number of ether oxygens (including phenoxy) is 1. The van der Waals surface area contributed by atoms with Gasteiger partial charge in [0.1, 0.15) is 10.8 Å². The molecule has 10 heteroatoms. The van der Waals surface area contributed by atoms with Gasteiger partial charge in [-0.1, -0.05) is 24.3 Å². The van der Waals surface area contributed by atoms with Crippen molar-refractivity contribution in [1.82, 2.24) is 20.1 Å². The Morgan fingerprint density at radius 2 is 1.80 bits per heavy atom. The molecule has 2 heterocycles. The first-order chi connectivity index (χ1) is 19.7. The van der Waals surface area contributed by atoms with Crippen LogP contribution in [0.2, 0.25) is 0 Å². The highest BCUT2D eigenvalue weighted by Gasteiger charge is 2.45. The molecule has 0 atom stereocenters. The maximum atomic E-state index is 13.5. The average molecular weight is 577 g/mol. The molecule has 216 valence electrons. The second-order valence-electron chi connectivity index (χ2n) is 11.2. The SMILES string of the molecule is COc1ccc(-c2csc(CNC(=O)C3(CC(=O)O)Cc4ccccc4C3)n2)cc1C(=O)N1CCC(N(C)C)CC1. The summed E-state index contributed by atoms with van der Waals surface area (Å²) >= 11 is 1.41. The maximum Gasteiger partial charge on any atom is 0.304 e. The van der Waals surface area contributed by atoms with E-state index in [1.165, 1.54) is 11.3 Å². The summed E-state index contributed by atoms with van der Waals surface area (Å²) in [7, 11) is 5.71. The van der Waals surface area contributed by atoms with E-state index in [1.807, 2.05) is 46.7 Å². The largest absolute Gasteiger partial charge is 0.496 e. The van der Waals surface area contributed by atoms with Crippen LogP contribution in [0.4, 0.5) is 0 Å². The standard InChI is InChI=1S/C31H36N4O5S/c1-34(2)23-10-12-35(13-11-23)29(38)24-14-20(8-9-26(24)40-3)25-19-41-27(33-25)18-32-30(39)31(17-28(36)37)15-21-6-4-5-7-22(21)16-31/h4-9,14,19,23H,10-13,15-18H2,1-3H3,(H,32,39)(H,36,37). The molecule has 3 aromatic rings. The van der Waals surface area contributed by atoms with Gasteiger partial charge in [-0.15, -0.1) is 11.3 Å². The van der Waals surface area contributed by atoms with Crippen molar-refractivity contribution in [2.24, 2.45) is 5.41 Å². The number of fused-ring (bicyclic) bond motifs is 1. The summed E-state index contributed by atoms with van der Waals surface area (Å²) in [5.74, 6) is -0.790. The van der Waals surface area contributed by atoms with Gasteiger partial charge in [0.05, 0.1) is 36.7 Å². The number of carboxylic acids is 1. The summed E-state index contributed by atoms with van der Waals surface area (Å²) in [5, 5.41) is 15.1. The van der Waals surface area contributed by atoms with Crippen LogP contribution < -0.4 is 10.1 Å². The minimum Gasteiger partial charge on any atom is -0.496 e. The lowest BCUT2D eigenvalue weighted by atomic mass is 9.80. The number of amides is 2. The molecule has 0 radical (unpaired) electrons. The lowest BCUT2D eigenvalue weighted by Crippen LogP contribution is -2.44. The Balaban J connectivity index is 1.28. The topological polar surface area (TPSA) is 112 Å². The van der Waals surface area contributed by atoms with Crippen LogP contribution in [0.15, 0.2) is 47.8 Å². The van der Waals surface area contributed by atoms with Crippen molar-refractivity contribution >= 4 is 29.1 Å². The molecule has 0 bridgehead atoms. The highest BCUT2D eigenvalue weighted by atomic mass is 32.1. The first-order valence-corrected chi connectivity index (χ1v) is 14.7. The number of rotatable bonds is 9. The van der Waals surface area contributed by atoms with Crippen molar-refractivity contribution in [3.8, 4) is 17.0 Å². The number of nitrogens with zero attached hydrogens (tertiary/aromatic N) is 3. The zero-order valence-corrected chi connectivity index (χ0v) is 24.5. The van der Waals surface area contributed by atoms with Gasteiger partial charge >= 0.3 is 5.97 Å². The van der Waals surface area contributed by atoms with E-state index in [2.05, 4.69) is 24.3 Å². The number of aromatic nitrogens is 1. The normalized spacial score (nSPS) is 16.4. The highest BCUT2D eigenvalue weighted by Crippen LogP contribution is 2.40.